The van der Waals surface area contributed by atoms with E-state index in [1.165, 1.54) is 11.3 Å². The normalized spacial score (nSPS) is 8.83. The van der Waals surface area contributed by atoms with Crippen LogP contribution >= 0.6 is 11.3 Å². The zero-order valence-corrected chi connectivity index (χ0v) is 7.86. The molecule has 3 heteroatoms. The Balaban J connectivity index is 0.00000144. The molecule has 0 bridgehead atoms. The molecule has 1 heterocycles. The maximum Gasteiger partial charge on any atom is 0.167 e. The number of rotatable bonds is 2. The van der Waals surface area contributed by atoms with Crippen molar-refractivity contribution >= 4 is 17.1 Å². The molecule has 0 unspecified atom stereocenters. The lowest BCUT2D eigenvalue weighted by Gasteiger charge is -1.86. The lowest BCUT2D eigenvalue weighted by Crippen LogP contribution is -1.95. The van der Waals surface area contributed by atoms with Crippen LogP contribution in [0.4, 0.5) is 0 Å². The first kappa shape index (κ1) is 8.95. The molecule has 0 amide bonds. The third-order valence-corrected chi connectivity index (χ3v) is 2.02. The lowest BCUT2D eigenvalue weighted by molar-refractivity contribution is -0.116. The van der Waals surface area contributed by atoms with Gasteiger partial charge in [0.2, 0.25) is 0 Å². The molecule has 2 nitrogen and oxygen atoms in total. The molecule has 0 aliphatic rings. The maximum atomic E-state index is 10.7. The molecule has 0 aromatic carbocycles. The fourth-order valence-electron chi connectivity index (χ4n) is 0.808. The predicted octanol–water partition coefficient (Wildman–Crippen LogP) is 1.89. The topological polar surface area (TPSA) is 30.0 Å². The van der Waals surface area contributed by atoms with Crippen molar-refractivity contribution in [3.8, 4) is 11.8 Å². The van der Waals surface area contributed by atoms with Crippen LogP contribution in [0.5, 0.6) is 0 Å². The highest BCUT2D eigenvalue weighted by atomic mass is 32.1. The number of aromatic nitrogens is 1. The van der Waals surface area contributed by atoms with Crippen LogP contribution in [0.15, 0.2) is 5.38 Å². The molecule has 1 aromatic heterocycles. The summed E-state index contributed by atoms with van der Waals surface area (Å²) in [6.07, 6.45) is 0.419. The smallest absolute Gasteiger partial charge is 0.167 e. The fourth-order valence-corrected chi connectivity index (χ4v) is 1.52. The number of Topliss-reactive ketones (excluding diaryl/α,β-unsaturated/α-hetero) is 1. The van der Waals surface area contributed by atoms with Crippen molar-refractivity contribution in [3.05, 3.63) is 16.1 Å². The van der Waals surface area contributed by atoms with Gasteiger partial charge in [-0.3, -0.25) is 4.79 Å². The van der Waals surface area contributed by atoms with Crippen molar-refractivity contribution in [2.75, 3.05) is 0 Å². The Bertz CT molecular complexity index is 348. The van der Waals surface area contributed by atoms with Crippen LogP contribution in [0.3, 0.4) is 0 Å². The first-order chi connectivity index (χ1) is 5.72. The van der Waals surface area contributed by atoms with Crippen LogP contribution in [0.2, 0.25) is 0 Å². The second-order valence-corrected chi connectivity index (χ2v) is 3.26. The van der Waals surface area contributed by atoms with Crippen molar-refractivity contribution in [1.82, 2.24) is 4.98 Å². The summed E-state index contributed by atoms with van der Waals surface area (Å²) in [5.74, 6) is 5.75. The van der Waals surface area contributed by atoms with Gasteiger partial charge in [-0.1, -0.05) is 5.92 Å². The average molecular weight is 181 g/mol. The molecule has 0 atom stereocenters. The van der Waals surface area contributed by atoms with Gasteiger partial charge in [0, 0.05) is 13.2 Å². The molecule has 0 N–H and O–H groups in total. The zero-order chi connectivity index (χ0) is 8.97. The molecule has 64 valence electrons. The fraction of sp³-hybridized carbons (Fsp3) is 0.333. The molecule has 1 rings (SSSR count). The number of ketones is 1. The van der Waals surface area contributed by atoms with E-state index in [4.69, 9.17) is 0 Å². The maximum absolute atomic E-state index is 10.7. The second kappa shape index (κ2) is 4.03. The van der Waals surface area contributed by atoms with Gasteiger partial charge in [-0.15, -0.1) is 11.3 Å². The molecular weight excluding hydrogens is 170 g/mol. The monoisotopic (exact) mass is 181 g/mol. The van der Waals surface area contributed by atoms with E-state index in [1.54, 1.807) is 13.8 Å². The van der Waals surface area contributed by atoms with Crippen LogP contribution < -0.4 is 0 Å². The van der Waals surface area contributed by atoms with Gasteiger partial charge in [0.05, 0.1) is 5.69 Å². The largest absolute Gasteiger partial charge is 0.300 e. The zero-order valence-electron chi connectivity index (χ0n) is 7.05. The minimum absolute atomic E-state index is 0. The van der Waals surface area contributed by atoms with E-state index in [9.17, 15) is 4.79 Å². The summed E-state index contributed by atoms with van der Waals surface area (Å²) in [6.45, 7) is 3.33. The SMILES string of the molecule is CC#Cc1nc(CC(C)=O)cs1.[HH]. The van der Waals surface area contributed by atoms with Gasteiger partial charge in [0.15, 0.2) is 5.01 Å². The number of carbonyl (C=O) groups is 1. The molecule has 0 fully saturated rings. The average Bonchev–Trinajstić information content (AvgIpc) is 2.36. The molecule has 0 aliphatic heterocycles. The second-order valence-electron chi connectivity index (χ2n) is 2.40. The van der Waals surface area contributed by atoms with Crippen LogP contribution in [-0.4, -0.2) is 10.8 Å². The number of carbonyl (C=O) groups excluding carboxylic acids is 1. The van der Waals surface area contributed by atoms with Crippen molar-refractivity contribution in [1.29, 1.82) is 0 Å². The highest BCUT2D eigenvalue weighted by Gasteiger charge is 2.01. The highest BCUT2D eigenvalue weighted by molar-refractivity contribution is 7.10. The molecule has 0 spiro atoms. The lowest BCUT2D eigenvalue weighted by atomic mass is 10.3. The standard InChI is InChI=1S/C9H9NOS.H2/c1-3-4-9-10-8(6-12-9)5-7(2)11;/h6H,5H2,1-2H3;1H. The quantitative estimate of drug-likeness (QED) is 0.652. The molecule has 12 heavy (non-hydrogen) atoms. The Kier molecular flexibility index (Phi) is 3.01. The minimum atomic E-state index is 0. The van der Waals surface area contributed by atoms with Crippen LogP contribution in [0.25, 0.3) is 0 Å². The van der Waals surface area contributed by atoms with Gasteiger partial charge in [-0.25, -0.2) is 4.98 Å². The van der Waals surface area contributed by atoms with Crippen molar-refractivity contribution in [2.45, 2.75) is 20.3 Å². The summed E-state index contributed by atoms with van der Waals surface area (Å²) < 4.78 is 0. The molecule has 0 saturated carbocycles. The number of hydrogen-bond acceptors (Lipinski definition) is 3. The Hall–Kier alpha value is -1.14. The summed E-state index contributed by atoms with van der Waals surface area (Å²) in [4.78, 5) is 14.9. The first-order valence-corrected chi connectivity index (χ1v) is 4.47. The summed E-state index contributed by atoms with van der Waals surface area (Å²) >= 11 is 1.48. The van der Waals surface area contributed by atoms with Crippen molar-refractivity contribution in [2.24, 2.45) is 0 Å². The van der Waals surface area contributed by atoms with Crippen molar-refractivity contribution < 1.29 is 6.22 Å². The van der Waals surface area contributed by atoms with E-state index in [0.717, 1.165) is 10.7 Å². The van der Waals surface area contributed by atoms with Gasteiger partial charge < -0.3 is 0 Å². The number of hydrogen-bond donors (Lipinski definition) is 0. The summed E-state index contributed by atoms with van der Waals surface area (Å²) in [5.41, 5.74) is 0.824. The summed E-state index contributed by atoms with van der Waals surface area (Å²) in [5, 5.41) is 2.66. The first-order valence-electron chi connectivity index (χ1n) is 3.59. The van der Waals surface area contributed by atoms with Gasteiger partial charge in [-0.05, 0) is 19.8 Å². The number of thiazole rings is 1. The van der Waals surface area contributed by atoms with E-state index >= 15 is 0 Å². The molecule has 0 saturated heterocycles. The Morgan fingerprint density at radius 3 is 3.17 bits per heavy atom. The van der Waals surface area contributed by atoms with E-state index in [1.807, 2.05) is 5.38 Å². The predicted molar refractivity (Wildman–Crippen MR) is 51.2 cm³/mol. The number of nitrogens with zero attached hydrogens (tertiary/aromatic N) is 1. The Morgan fingerprint density at radius 1 is 1.83 bits per heavy atom. The van der Waals surface area contributed by atoms with E-state index in [-0.39, 0.29) is 7.21 Å². The minimum Gasteiger partial charge on any atom is -0.300 e. The third-order valence-electron chi connectivity index (χ3n) is 1.21. The van der Waals surface area contributed by atoms with E-state index < -0.39 is 0 Å². The van der Waals surface area contributed by atoms with E-state index in [0.29, 0.717) is 6.42 Å². The van der Waals surface area contributed by atoms with Gasteiger partial charge in [-0.2, -0.15) is 0 Å². The summed E-state index contributed by atoms with van der Waals surface area (Å²) in [6, 6.07) is 0. The Labute approximate surface area is 77.1 Å². The van der Waals surface area contributed by atoms with E-state index in [2.05, 4.69) is 16.8 Å². The molecule has 0 radical (unpaired) electrons. The van der Waals surface area contributed by atoms with Crippen LogP contribution in [0.1, 0.15) is 26.0 Å². The van der Waals surface area contributed by atoms with Gasteiger partial charge in [0.25, 0.3) is 0 Å². The van der Waals surface area contributed by atoms with Crippen molar-refractivity contribution in [3.63, 3.8) is 0 Å². The molecular formula is C9H11NOS. The molecule has 0 aliphatic carbocycles. The molecule has 1 aromatic rings. The third kappa shape index (κ3) is 2.48. The summed E-state index contributed by atoms with van der Waals surface area (Å²) in [7, 11) is 0. The van der Waals surface area contributed by atoms with Crippen LogP contribution in [-0.2, 0) is 11.2 Å². The van der Waals surface area contributed by atoms with Gasteiger partial charge >= 0.3 is 0 Å². The van der Waals surface area contributed by atoms with Crippen LogP contribution in [0, 0.1) is 11.8 Å². The highest BCUT2D eigenvalue weighted by Crippen LogP contribution is 2.08. The van der Waals surface area contributed by atoms with Gasteiger partial charge in [0.1, 0.15) is 5.78 Å². The Morgan fingerprint density at radius 2 is 2.58 bits per heavy atom.